The van der Waals surface area contributed by atoms with Gasteiger partial charge in [-0.1, -0.05) is 18.2 Å². The van der Waals surface area contributed by atoms with Gasteiger partial charge in [0.05, 0.1) is 29.2 Å². The molecule has 0 saturated heterocycles. The average molecular weight is 497 g/mol. The minimum Gasteiger partial charge on any atom is -0.460 e. The first-order chi connectivity index (χ1) is 17.7. The number of anilines is 2. The van der Waals surface area contributed by atoms with Gasteiger partial charge in [-0.3, -0.25) is 4.79 Å². The Labute approximate surface area is 217 Å². The van der Waals surface area contributed by atoms with E-state index >= 15 is 0 Å². The number of hydrogen-bond acceptors (Lipinski definition) is 7. The second-order valence-corrected chi connectivity index (χ2v) is 9.91. The van der Waals surface area contributed by atoms with Crippen LogP contribution in [-0.4, -0.2) is 26.1 Å². The van der Waals surface area contributed by atoms with Crippen molar-refractivity contribution < 1.29 is 9.53 Å². The lowest BCUT2D eigenvalue weighted by atomic mass is 10.1. The number of nitrogens with zero attached hydrogens (tertiary/aromatic N) is 4. The van der Waals surface area contributed by atoms with E-state index in [9.17, 15) is 4.79 Å². The molecule has 2 aromatic carbocycles. The van der Waals surface area contributed by atoms with Crippen molar-refractivity contribution in [1.82, 2.24) is 14.5 Å². The topological polar surface area (TPSA) is 105 Å². The van der Waals surface area contributed by atoms with Crippen LogP contribution in [0.1, 0.15) is 49.7 Å². The summed E-state index contributed by atoms with van der Waals surface area (Å²) in [6.45, 7) is 6.76. The molecule has 37 heavy (non-hydrogen) atoms. The molecule has 0 radical (unpaired) electrons. The van der Waals surface area contributed by atoms with E-state index in [0.717, 1.165) is 39.5 Å². The van der Waals surface area contributed by atoms with Crippen molar-refractivity contribution in [1.29, 1.82) is 5.26 Å². The third-order valence-corrected chi connectivity index (χ3v) is 5.87. The largest absolute Gasteiger partial charge is 0.460 e. The number of pyridine rings is 1. The summed E-state index contributed by atoms with van der Waals surface area (Å²) in [6, 6.07) is 19.6. The van der Waals surface area contributed by atoms with Crippen molar-refractivity contribution in [2.75, 3.05) is 10.6 Å². The second kappa shape index (κ2) is 11.1. The highest BCUT2D eigenvalue weighted by atomic mass is 16.6. The van der Waals surface area contributed by atoms with E-state index in [1.807, 2.05) is 58.2 Å². The smallest absolute Gasteiger partial charge is 0.306 e. The summed E-state index contributed by atoms with van der Waals surface area (Å²) in [5.74, 6) is 1.47. The summed E-state index contributed by atoms with van der Waals surface area (Å²) in [5, 5.41) is 15.7. The number of esters is 1. The lowest BCUT2D eigenvalue weighted by Gasteiger charge is -2.19. The van der Waals surface area contributed by atoms with Crippen LogP contribution in [0.3, 0.4) is 0 Å². The van der Waals surface area contributed by atoms with E-state index in [4.69, 9.17) is 15.0 Å². The number of aromatic nitrogens is 3. The highest BCUT2D eigenvalue weighted by molar-refractivity contribution is 5.80. The van der Waals surface area contributed by atoms with Crippen molar-refractivity contribution in [2.45, 2.75) is 52.3 Å². The van der Waals surface area contributed by atoms with Gasteiger partial charge in [-0.25, -0.2) is 9.97 Å². The number of carbonyl (C=O) groups is 1. The standard InChI is InChI=1S/C29H32N6O2/c1-29(2,3)37-27(36)15-11-21-10-14-25(32-17-21)33-18-22-6-5-7-24-28(22)34-26(35(24)4)19-31-23-12-8-20(16-30)9-13-23/h5-10,12-14,17,31H,11,15,18-19H2,1-4H3,(H,32,33). The number of rotatable bonds is 9. The number of ether oxygens (including phenoxy) is 1. The number of benzene rings is 2. The molecule has 0 unspecified atom stereocenters. The van der Waals surface area contributed by atoms with Crippen LogP contribution < -0.4 is 10.6 Å². The van der Waals surface area contributed by atoms with Crippen LogP contribution in [0.5, 0.6) is 0 Å². The van der Waals surface area contributed by atoms with Crippen molar-refractivity contribution in [2.24, 2.45) is 7.05 Å². The Kier molecular flexibility index (Phi) is 7.73. The Balaban J connectivity index is 1.37. The van der Waals surface area contributed by atoms with E-state index in [0.29, 0.717) is 31.5 Å². The van der Waals surface area contributed by atoms with Gasteiger partial charge < -0.3 is 19.9 Å². The van der Waals surface area contributed by atoms with E-state index in [2.05, 4.69) is 38.4 Å². The maximum atomic E-state index is 12.0. The Morgan fingerprint density at radius 1 is 1.05 bits per heavy atom. The first kappa shape index (κ1) is 25.7. The lowest BCUT2D eigenvalue weighted by Crippen LogP contribution is -2.24. The number of hydrogen-bond donors (Lipinski definition) is 2. The molecule has 8 heteroatoms. The summed E-state index contributed by atoms with van der Waals surface area (Å²) in [4.78, 5) is 21.4. The molecule has 0 bridgehead atoms. The minimum absolute atomic E-state index is 0.204. The monoisotopic (exact) mass is 496 g/mol. The van der Waals surface area contributed by atoms with Crippen LogP contribution in [0.25, 0.3) is 11.0 Å². The van der Waals surface area contributed by atoms with Gasteiger partial charge >= 0.3 is 5.97 Å². The molecule has 0 saturated carbocycles. The molecular weight excluding hydrogens is 464 g/mol. The number of nitrogens with one attached hydrogen (secondary N) is 2. The molecule has 190 valence electrons. The molecule has 0 amide bonds. The predicted molar refractivity (Wildman–Crippen MR) is 145 cm³/mol. The molecule has 0 aliphatic rings. The highest BCUT2D eigenvalue weighted by Gasteiger charge is 2.16. The fourth-order valence-corrected chi connectivity index (χ4v) is 3.97. The molecule has 8 nitrogen and oxygen atoms in total. The molecular formula is C29H32N6O2. The van der Waals surface area contributed by atoms with Gasteiger partial charge in [0.25, 0.3) is 0 Å². The summed E-state index contributed by atoms with van der Waals surface area (Å²) in [5.41, 5.74) is 5.17. The van der Waals surface area contributed by atoms with E-state index in [-0.39, 0.29) is 5.97 Å². The molecule has 2 heterocycles. The van der Waals surface area contributed by atoms with Crippen LogP contribution in [0.15, 0.2) is 60.8 Å². The first-order valence-corrected chi connectivity index (χ1v) is 12.3. The fraction of sp³-hybridized carbons (Fsp3) is 0.310. The van der Waals surface area contributed by atoms with Gasteiger partial charge in [0.15, 0.2) is 0 Å². The summed E-state index contributed by atoms with van der Waals surface area (Å²) >= 11 is 0. The molecule has 0 aliphatic carbocycles. The Hall–Kier alpha value is -4.38. The van der Waals surface area contributed by atoms with Crippen LogP contribution in [0.4, 0.5) is 11.5 Å². The highest BCUT2D eigenvalue weighted by Crippen LogP contribution is 2.21. The second-order valence-electron chi connectivity index (χ2n) is 9.91. The number of aryl methyl sites for hydroxylation is 2. The van der Waals surface area contributed by atoms with Gasteiger partial charge in [-0.15, -0.1) is 0 Å². The van der Waals surface area contributed by atoms with Gasteiger partial charge in [-0.2, -0.15) is 5.26 Å². The minimum atomic E-state index is -0.470. The number of nitriles is 1. The number of imidazole rings is 1. The quantitative estimate of drug-likeness (QED) is 0.301. The molecule has 0 atom stereocenters. The van der Waals surface area contributed by atoms with Crippen molar-refractivity contribution in [3.63, 3.8) is 0 Å². The molecule has 0 aliphatic heterocycles. The maximum Gasteiger partial charge on any atom is 0.306 e. The molecule has 4 aromatic rings. The van der Waals surface area contributed by atoms with Crippen LogP contribution in [-0.2, 0) is 36.1 Å². The third-order valence-electron chi connectivity index (χ3n) is 5.87. The zero-order valence-electron chi connectivity index (χ0n) is 21.7. The molecule has 4 rings (SSSR count). The van der Waals surface area contributed by atoms with Crippen molar-refractivity contribution in [3.05, 3.63) is 83.3 Å². The molecule has 0 fully saturated rings. The van der Waals surface area contributed by atoms with Crippen molar-refractivity contribution in [3.8, 4) is 6.07 Å². The predicted octanol–water partition coefficient (Wildman–Crippen LogP) is 5.34. The molecule has 2 N–H and O–H groups in total. The zero-order chi connectivity index (χ0) is 26.4. The summed E-state index contributed by atoms with van der Waals surface area (Å²) in [7, 11) is 2.01. The lowest BCUT2D eigenvalue weighted by molar-refractivity contribution is -0.154. The van der Waals surface area contributed by atoms with Crippen molar-refractivity contribution >= 4 is 28.5 Å². The number of fused-ring (bicyclic) bond motifs is 1. The SMILES string of the molecule is Cn1c(CNc2ccc(C#N)cc2)nc2c(CNc3ccc(CCC(=O)OC(C)(C)C)cn3)cccc21. The van der Waals surface area contributed by atoms with E-state index in [1.54, 1.807) is 18.3 Å². The molecule has 0 spiro atoms. The Morgan fingerprint density at radius 3 is 2.51 bits per heavy atom. The summed E-state index contributed by atoms with van der Waals surface area (Å²) < 4.78 is 7.46. The van der Waals surface area contributed by atoms with Gasteiger partial charge in [0.2, 0.25) is 0 Å². The normalized spacial score (nSPS) is 11.2. The van der Waals surface area contributed by atoms with Gasteiger partial charge in [0, 0.05) is 31.9 Å². The van der Waals surface area contributed by atoms with Gasteiger partial charge in [-0.05, 0) is 74.7 Å². The zero-order valence-corrected chi connectivity index (χ0v) is 21.7. The van der Waals surface area contributed by atoms with Crippen LogP contribution >= 0.6 is 0 Å². The fourth-order valence-electron chi connectivity index (χ4n) is 3.97. The van der Waals surface area contributed by atoms with Gasteiger partial charge in [0.1, 0.15) is 17.2 Å². The van der Waals surface area contributed by atoms with Crippen LogP contribution in [0, 0.1) is 11.3 Å². The third kappa shape index (κ3) is 6.85. The average Bonchev–Trinajstić information content (AvgIpc) is 3.21. The number of carbonyl (C=O) groups excluding carboxylic acids is 1. The Bertz CT molecular complexity index is 1410. The Morgan fingerprint density at radius 2 is 1.84 bits per heavy atom. The maximum absolute atomic E-state index is 12.0. The van der Waals surface area contributed by atoms with E-state index < -0.39 is 5.60 Å². The summed E-state index contributed by atoms with van der Waals surface area (Å²) in [6.07, 6.45) is 2.71. The van der Waals surface area contributed by atoms with Crippen LogP contribution in [0.2, 0.25) is 0 Å². The molecule has 2 aromatic heterocycles. The first-order valence-electron chi connectivity index (χ1n) is 12.3. The van der Waals surface area contributed by atoms with E-state index in [1.165, 1.54) is 0 Å². The number of para-hydroxylation sites is 1.